The number of piperazine rings is 1. The van der Waals surface area contributed by atoms with Crippen LogP contribution in [0.15, 0.2) is 71.6 Å². The first-order chi connectivity index (χ1) is 15.0. The molecule has 7 heteroatoms. The van der Waals surface area contributed by atoms with Gasteiger partial charge in [0.05, 0.1) is 5.02 Å². The molecule has 1 N–H and O–H groups in total. The molecule has 4 rings (SSSR count). The minimum atomic E-state index is 0.0487. The van der Waals surface area contributed by atoms with E-state index in [0.29, 0.717) is 28.7 Å². The zero-order valence-corrected chi connectivity index (χ0v) is 19.1. The fourth-order valence-electron chi connectivity index (χ4n) is 3.53. The number of aromatic hydroxyl groups is 1. The molecule has 0 saturated carbocycles. The standard InChI is InChI=1S/C24H22Cl2N2O2S/c25-19-8-9-22(26)23(14-19)31-16-17-4-6-18(7-5-17)24(30)28-12-10-27(11-13-28)20-2-1-3-21(29)15-20/h1-9,14-15,29H,10-13,16H2. The van der Waals surface area contributed by atoms with Gasteiger partial charge in [-0.25, -0.2) is 0 Å². The van der Waals surface area contributed by atoms with E-state index in [1.807, 2.05) is 47.4 Å². The molecule has 0 radical (unpaired) electrons. The first-order valence-corrected chi connectivity index (χ1v) is 11.7. The summed E-state index contributed by atoms with van der Waals surface area (Å²) in [5, 5.41) is 11.0. The third kappa shape index (κ3) is 5.48. The van der Waals surface area contributed by atoms with E-state index >= 15 is 0 Å². The molecule has 0 aliphatic carbocycles. The summed E-state index contributed by atoms with van der Waals surface area (Å²) in [4.78, 5) is 17.9. The Kier molecular flexibility index (Phi) is 6.96. The monoisotopic (exact) mass is 472 g/mol. The molecule has 1 heterocycles. The Bertz CT molecular complexity index is 1070. The van der Waals surface area contributed by atoms with Gasteiger partial charge in [0.25, 0.3) is 5.91 Å². The van der Waals surface area contributed by atoms with E-state index < -0.39 is 0 Å². The lowest BCUT2D eigenvalue weighted by Crippen LogP contribution is -2.48. The smallest absolute Gasteiger partial charge is 0.253 e. The molecule has 3 aromatic carbocycles. The SMILES string of the molecule is O=C(c1ccc(CSc2cc(Cl)ccc2Cl)cc1)N1CCN(c2cccc(O)c2)CC1. The number of benzene rings is 3. The quantitative estimate of drug-likeness (QED) is 0.465. The molecule has 1 fully saturated rings. The van der Waals surface area contributed by atoms with E-state index in [2.05, 4.69) is 4.90 Å². The Morgan fingerprint density at radius 2 is 1.68 bits per heavy atom. The number of anilines is 1. The predicted molar refractivity (Wildman–Crippen MR) is 129 cm³/mol. The number of nitrogens with zero attached hydrogens (tertiary/aromatic N) is 2. The number of hydrogen-bond donors (Lipinski definition) is 1. The second kappa shape index (κ2) is 9.86. The summed E-state index contributed by atoms with van der Waals surface area (Å²) in [6.45, 7) is 2.79. The Labute approximate surface area is 196 Å². The first kappa shape index (κ1) is 21.9. The lowest BCUT2D eigenvalue weighted by Gasteiger charge is -2.36. The third-order valence-electron chi connectivity index (χ3n) is 5.25. The second-order valence-corrected chi connectivity index (χ2v) is 9.22. The van der Waals surface area contributed by atoms with E-state index in [1.54, 1.807) is 36.0 Å². The van der Waals surface area contributed by atoms with Crippen molar-refractivity contribution >= 4 is 46.6 Å². The number of halogens is 2. The Morgan fingerprint density at radius 3 is 2.39 bits per heavy atom. The van der Waals surface area contributed by atoms with Gasteiger partial charge < -0.3 is 14.9 Å². The third-order valence-corrected chi connectivity index (χ3v) is 7.05. The highest BCUT2D eigenvalue weighted by molar-refractivity contribution is 7.98. The molecule has 31 heavy (non-hydrogen) atoms. The van der Waals surface area contributed by atoms with Crippen molar-refractivity contribution in [3.63, 3.8) is 0 Å². The van der Waals surface area contributed by atoms with Gasteiger partial charge >= 0.3 is 0 Å². The summed E-state index contributed by atoms with van der Waals surface area (Å²) in [5.74, 6) is 1.05. The summed E-state index contributed by atoms with van der Waals surface area (Å²) in [7, 11) is 0. The van der Waals surface area contributed by atoms with Crippen LogP contribution in [0.1, 0.15) is 15.9 Å². The van der Waals surface area contributed by atoms with Crippen LogP contribution < -0.4 is 4.90 Å². The van der Waals surface area contributed by atoms with Crippen molar-refractivity contribution in [3.8, 4) is 5.75 Å². The second-order valence-electron chi connectivity index (χ2n) is 7.36. The number of amides is 1. The van der Waals surface area contributed by atoms with Crippen molar-refractivity contribution in [3.05, 3.63) is 87.9 Å². The topological polar surface area (TPSA) is 43.8 Å². The van der Waals surface area contributed by atoms with Crippen LogP contribution in [0.25, 0.3) is 0 Å². The molecule has 3 aromatic rings. The van der Waals surface area contributed by atoms with Gasteiger partial charge in [-0.15, -0.1) is 11.8 Å². The van der Waals surface area contributed by atoms with Crippen LogP contribution in [0.2, 0.25) is 10.0 Å². The maximum atomic E-state index is 12.9. The van der Waals surface area contributed by atoms with Crippen LogP contribution in [-0.2, 0) is 5.75 Å². The summed E-state index contributed by atoms with van der Waals surface area (Å²) >= 11 is 13.9. The molecular formula is C24H22Cl2N2O2S. The number of carbonyl (C=O) groups is 1. The molecule has 1 amide bonds. The molecule has 0 unspecified atom stereocenters. The van der Waals surface area contributed by atoms with Gasteiger partial charge in [-0.2, -0.15) is 0 Å². The van der Waals surface area contributed by atoms with Crippen LogP contribution in [0.3, 0.4) is 0 Å². The number of phenolic OH excluding ortho intramolecular Hbond substituents is 1. The minimum absolute atomic E-state index is 0.0487. The van der Waals surface area contributed by atoms with Crippen molar-refractivity contribution in [2.24, 2.45) is 0 Å². The highest BCUT2D eigenvalue weighted by Crippen LogP contribution is 2.32. The maximum absolute atomic E-state index is 12.9. The number of hydrogen-bond acceptors (Lipinski definition) is 4. The molecule has 0 atom stereocenters. The summed E-state index contributed by atoms with van der Waals surface area (Å²) in [6.07, 6.45) is 0. The summed E-state index contributed by atoms with van der Waals surface area (Å²) in [5.41, 5.74) is 2.79. The largest absolute Gasteiger partial charge is 0.508 e. The number of rotatable bonds is 5. The van der Waals surface area contributed by atoms with Crippen LogP contribution in [-0.4, -0.2) is 42.1 Å². The van der Waals surface area contributed by atoms with Gasteiger partial charge in [0, 0.05) is 59.2 Å². The van der Waals surface area contributed by atoms with Gasteiger partial charge in [-0.3, -0.25) is 4.79 Å². The molecule has 1 saturated heterocycles. The molecule has 1 aliphatic rings. The molecule has 0 aromatic heterocycles. The first-order valence-electron chi connectivity index (χ1n) is 9.99. The molecule has 0 spiro atoms. The van der Waals surface area contributed by atoms with Crippen LogP contribution >= 0.6 is 35.0 Å². The maximum Gasteiger partial charge on any atom is 0.253 e. The van der Waals surface area contributed by atoms with Crippen LogP contribution in [0.4, 0.5) is 5.69 Å². The zero-order valence-electron chi connectivity index (χ0n) is 16.8. The Hall–Kier alpha value is -2.34. The number of phenols is 1. The normalized spacial score (nSPS) is 14.0. The van der Waals surface area contributed by atoms with Gasteiger partial charge in [0.2, 0.25) is 0 Å². The van der Waals surface area contributed by atoms with E-state index in [4.69, 9.17) is 23.2 Å². The summed E-state index contributed by atoms with van der Waals surface area (Å²) in [6, 6.07) is 20.4. The molecule has 4 nitrogen and oxygen atoms in total. The van der Waals surface area contributed by atoms with Gasteiger partial charge in [-0.05, 0) is 48.0 Å². The molecule has 1 aliphatic heterocycles. The highest BCUT2D eigenvalue weighted by Gasteiger charge is 2.22. The van der Waals surface area contributed by atoms with Crippen molar-refractivity contribution in [2.45, 2.75) is 10.6 Å². The van der Waals surface area contributed by atoms with Gasteiger partial charge in [0.15, 0.2) is 0 Å². The van der Waals surface area contributed by atoms with Gasteiger partial charge in [-0.1, -0.05) is 41.4 Å². The van der Waals surface area contributed by atoms with E-state index in [-0.39, 0.29) is 11.7 Å². The summed E-state index contributed by atoms with van der Waals surface area (Å²) < 4.78 is 0. The van der Waals surface area contributed by atoms with Crippen LogP contribution in [0, 0.1) is 0 Å². The molecule has 160 valence electrons. The van der Waals surface area contributed by atoms with E-state index in [0.717, 1.165) is 35.0 Å². The Morgan fingerprint density at radius 1 is 0.935 bits per heavy atom. The van der Waals surface area contributed by atoms with Crippen molar-refractivity contribution in [1.82, 2.24) is 4.90 Å². The van der Waals surface area contributed by atoms with Crippen LogP contribution in [0.5, 0.6) is 5.75 Å². The molecule has 0 bridgehead atoms. The van der Waals surface area contributed by atoms with Crippen molar-refractivity contribution in [2.75, 3.05) is 31.1 Å². The fourth-order valence-corrected chi connectivity index (χ4v) is 4.98. The lowest BCUT2D eigenvalue weighted by molar-refractivity contribution is 0.0746. The number of thioether (sulfide) groups is 1. The Balaban J connectivity index is 1.33. The highest BCUT2D eigenvalue weighted by atomic mass is 35.5. The predicted octanol–water partition coefficient (Wildman–Crippen LogP) is 5.95. The number of carbonyl (C=O) groups excluding carboxylic acids is 1. The lowest BCUT2D eigenvalue weighted by atomic mass is 10.1. The average Bonchev–Trinajstić information content (AvgIpc) is 2.80. The van der Waals surface area contributed by atoms with Gasteiger partial charge in [0.1, 0.15) is 5.75 Å². The van der Waals surface area contributed by atoms with Crippen molar-refractivity contribution in [1.29, 1.82) is 0 Å². The fraction of sp³-hybridized carbons (Fsp3) is 0.208. The van der Waals surface area contributed by atoms with E-state index in [1.165, 1.54) is 0 Å². The zero-order chi connectivity index (χ0) is 21.8. The minimum Gasteiger partial charge on any atom is -0.508 e. The molecular weight excluding hydrogens is 451 g/mol. The van der Waals surface area contributed by atoms with Crippen molar-refractivity contribution < 1.29 is 9.90 Å². The van der Waals surface area contributed by atoms with E-state index in [9.17, 15) is 9.90 Å². The average molecular weight is 473 g/mol.